The van der Waals surface area contributed by atoms with Crippen LogP contribution >= 0.6 is 0 Å². The molecular formula is C23H22N2OSi. The van der Waals surface area contributed by atoms with Gasteiger partial charge in [0, 0.05) is 12.8 Å². The Morgan fingerprint density at radius 1 is 0.815 bits per heavy atom. The van der Waals surface area contributed by atoms with Crippen LogP contribution in [0.5, 0.6) is 0 Å². The van der Waals surface area contributed by atoms with Crippen LogP contribution in [0, 0.1) is 11.3 Å². The molecule has 0 atom stereocenters. The standard InChI is InChI=1S/C23H22N2OSi/c1-20(12-11-19-24)25-26-27(21-13-5-2-6-14-21,22-15-7-3-8-16-22)23-17-9-4-10-18-23/h2-10,13-18H,11-12H2,1H3/b25-20+. The Balaban J connectivity index is 2.19. The lowest BCUT2D eigenvalue weighted by Gasteiger charge is -2.30. The van der Waals surface area contributed by atoms with E-state index in [1.54, 1.807) is 0 Å². The molecule has 134 valence electrons. The predicted octanol–water partition coefficient (Wildman–Crippen LogP) is 3.35. The molecule has 0 aliphatic rings. The lowest BCUT2D eigenvalue weighted by Crippen LogP contribution is -2.68. The molecule has 4 heteroatoms. The molecule has 0 aromatic heterocycles. The normalized spacial score (nSPS) is 11.6. The van der Waals surface area contributed by atoms with Gasteiger partial charge in [0.05, 0.1) is 11.8 Å². The summed E-state index contributed by atoms with van der Waals surface area (Å²) >= 11 is 0. The molecule has 0 aliphatic carbocycles. The maximum Gasteiger partial charge on any atom is 0.380 e. The largest absolute Gasteiger partial charge is 0.438 e. The van der Waals surface area contributed by atoms with Gasteiger partial charge in [0.15, 0.2) is 0 Å². The van der Waals surface area contributed by atoms with Crippen molar-refractivity contribution in [1.82, 2.24) is 0 Å². The van der Waals surface area contributed by atoms with Crippen LogP contribution in [0.15, 0.2) is 96.2 Å². The second kappa shape index (κ2) is 8.97. The molecule has 3 aromatic rings. The smallest absolute Gasteiger partial charge is 0.380 e. The number of hydrogen-bond acceptors (Lipinski definition) is 3. The molecular weight excluding hydrogens is 348 g/mol. The molecule has 0 fully saturated rings. The molecule has 0 saturated carbocycles. The molecule has 3 aromatic carbocycles. The lowest BCUT2D eigenvalue weighted by molar-refractivity contribution is 0.347. The summed E-state index contributed by atoms with van der Waals surface area (Å²) in [5.74, 6) is 0. The molecule has 27 heavy (non-hydrogen) atoms. The van der Waals surface area contributed by atoms with E-state index in [4.69, 9.17) is 9.79 Å². The van der Waals surface area contributed by atoms with Crippen molar-refractivity contribution in [2.75, 3.05) is 0 Å². The molecule has 0 radical (unpaired) electrons. The molecule has 0 heterocycles. The van der Waals surface area contributed by atoms with Crippen molar-refractivity contribution in [2.45, 2.75) is 19.8 Å². The summed E-state index contributed by atoms with van der Waals surface area (Å²) < 4.78 is 6.46. The third-order valence-corrected chi connectivity index (χ3v) is 8.28. The highest BCUT2D eigenvalue weighted by Gasteiger charge is 2.44. The summed E-state index contributed by atoms with van der Waals surface area (Å²) in [7, 11) is -2.80. The van der Waals surface area contributed by atoms with Crippen molar-refractivity contribution in [2.24, 2.45) is 5.16 Å². The van der Waals surface area contributed by atoms with Gasteiger partial charge in [0.1, 0.15) is 0 Å². The Hall–Kier alpha value is -3.16. The maximum absolute atomic E-state index is 8.84. The minimum atomic E-state index is -2.80. The zero-order valence-electron chi connectivity index (χ0n) is 15.4. The van der Waals surface area contributed by atoms with E-state index in [0.717, 1.165) is 21.3 Å². The van der Waals surface area contributed by atoms with Gasteiger partial charge in [-0.05, 0) is 22.5 Å². The van der Waals surface area contributed by atoms with Crippen molar-refractivity contribution in [3.8, 4) is 6.07 Å². The van der Waals surface area contributed by atoms with Gasteiger partial charge in [-0.25, -0.2) is 0 Å². The number of nitriles is 1. The van der Waals surface area contributed by atoms with Crippen LogP contribution in [0.25, 0.3) is 0 Å². The molecule has 0 unspecified atom stereocenters. The molecule has 0 bridgehead atoms. The first-order chi connectivity index (χ1) is 13.3. The highest BCUT2D eigenvalue weighted by atomic mass is 28.4. The van der Waals surface area contributed by atoms with Gasteiger partial charge in [-0.1, -0.05) is 91.0 Å². The number of hydrogen-bond donors (Lipinski definition) is 0. The first-order valence-corrected chi connectivity index (χ1v) is 10.9. The summed E-state index contributed by atoms with van der Waals surface area (Å²) in [6.07, 6.45) is 1.05. The Kier molecular flexibility index (Phi) is 6.19. The molecule has 0 spiro atoms. The second-order valence-electron chi connectivity index (χ2n) is 6.36. The molecule has 0 aliphatic heterocycles. The summed E-state index contributed by atoms with van der Waals surface area (Å²) in [5, 5.41) is 16.7. The van der Waals surface area contributed by atoms with E-state index in [9.17, 15) is 0 Å². The number of oxime groups is 1. The SMILES string of the molecule is C/C(CCC#N)=N\O[Si](c1ccccc1)(c1ccccc1)c1ccccc1. The predicted molar refractivity (Wildman–Crippen MR) is 113 cm³/mol. The Labute approximate surface area is 161 Å². The highest BCUT2D eigenvalue weighted by Crippen LogP contribution is 2.11. The topological polar surface area (TPSA) is 45.4 Å². The number of nitrogens with zero attached hydrogens (tertiary/aromatic N) is 2. The van der Waals surface area contributed by atoms with Gasteiger partial charge in [0.25, 0.3) is 0 Å². The molecule has 0 saturated heterocycles. The van der Waals surface area contributed by atoms with Crippen molar-refractivity contribution in [3.63, 3.8) is 0 Å². The second-order valence-corrected chi connectivity index (χ2v) is 9.63. The lowest BCUT2D eigenvalue weighted by atomic mass is 10.2. The van der Waals surface area contributed by atoms with Crippen LogP contribution in [0.3, 0.4) is 0 Å². The van der Waals surface area contributed by atoms with Crippen LogP contribution in [-0.2, 0) is 4.53 Å². The zero-order valence-corrected chi connectivity index (χ0v) is 16.4. The highest BCUT2D eigenvalue weighted by molar-refractivity contribution is 7.07. The molecule has 3 rings (SSSR count). The van der Waals surface area contributed by atoms with Gasteiger partial charge in [0.2, 0.25) is 0 Å². The van der Waals surface area contributed by atoms with E-state index in [1.165, 1.54) is 0 Å². The van der Waals surface area contributed by atoms with Gasteiger partial charge in [-0.2, -0.15) is 5.26 Å². The third kappa shape index (κ3) is 4.16. The summed E-state index contributed by atoms with van der Waals surface area (Å²) in [6, 6.07) is 33.2. The summed E-state index contributed by atoms with van der Waals surface area (Å²) in [4.78, 5) is 0. The number of benzene rings is 3. The average Bonchev–Trinajstić information content (AvgIpc) is 2.75. The fourth-order valence-corrected chi connectivity index (χ4v) is 6.70. The fraction of sp³-hybridized carbons (Fsp3) is 0.130. The summed E-state index contributed by atoms with van der Waals surface area (Å²) in [5.41, 5.74) is 0.830. The van der Waals surface area contributed by atoms with E-state index < -0.39 is 8.32 Å². The van der Waals surface area contributed by atoms with Crippen LogP contribution in [0.2, 0.25) is 0 Å². The van der Waals surface area contributed by atoms with Crippen molar-refractivity contribution in [3.05, 3.63) is 91.0 Å². The first-order valence-electron chi connectivity index (χ1n) is 9.02. The Bertz CT molecular complexity index is 822. The fourth-order valence-electron chi connectivity index (χ4n) is 3.11. The van der Waals surface area contributed by atoms with Crippen molar-refractivity contribution < 1.29 is 4.53 Å². The Morgan fingerprint density at radius 3 is 1.59 bits per heavy atom. The summed E-state index contributed by atoms with van der Waals surface area (Å²) in [6.45, 7) is 1.91. The van der Waals surface area contributed by atoms with Crippen molar-refractivity contribution >= 4 is 29.6 Å². The maximum atomic E-state index is 8.84. The Morgan fingerprint density at radius 2 is 1.22 bits per heavy atom. The van der Waals surface area contributed by atoms with E-state index in [2.05, 4.69) is 47.6 Å². The molecule has 0 N–H and O–H groups in total. The monoisotopic (exact) mass is 370 g/mol. The minimum absolute atomic E-state index is 0.440. The van der Waals surface area contributed by atoms with E-state index in [-0.39, 0.29) is 0 Å². The molecule has 3 nitrogen and oxygen atoms in total. The van der Waals surface area contributed by atoms with Gasteiger partial charge in [-0.15, -0.1) is 5.16 Å². The van der Waals surface area contributed by atoms with Crippen LogP contribution in [0.4, 0.5) is 0 Å². The van der Waals surface area contributed by atoms with E-state index >= 15 is 0 Å². The van der Waals surface area contributed by atoms with Gasteiger partial charge < -0.3 is 4.53 Å². The number of rotatable bonds is 7. The van der Waals surface area contributed by atoms with Crippen LogP contribution in [-0.4, -0.2) is 14.0 Å². The quantitative estimate of drug-likeness (QED) is 0.277. The van der Waals surface area contributed by atoms with Crippen LogP contribution < -0.4 is 15.6 Å². The van der Waals surface area contributed by atoms with Gasteiger partial charge >= 0.3 is 8.32 Å². The van der Waals surface area contributed by atoms with E-state index in [0.29, 0.717) is 12.8 Å². The van der Waals surface area contributed by atoms with E-state index in [1.807, 2.05) is 61.5 Å². The average molecular weight is 371 g/mol. The minimum Gasteiger partial charge on any atom is -0.438 e. The van der Waals surface area contributed by atoms with Crippen LogP contribution in [0.1, 0.15) is 19.8 Å². The first kappa shape index (κ1) is 18.6. The zero-order chi connectivity index (χ0) is 19.0. The van der Waals surface area contributed by atoms with Crippen molar-refractivity contribution in [1.29, 1.82) is 5.26 Å². The van der Waals surface area contributed by atoms with Gasteiger partial charge in [-0.3, -0.25) is 0 Å². The molecule has 0 amide bonds. The third-order valence-electron chi connectivity index (χ3n) is 4.48.